The van der Waals surface area contributed by atoms with Crippen LogP contribution < -0.4 is 10.2 Å². The molecule has 2 aromatic carbocycles. The van der Waals surface area contributed by atoms with E-state index in [1.54, 1.807) is 6.20 Å². The van der Waals surface area contributed by atoms with Gasteiger partial charge < -0.3 is 15.1 Å². The second-order valence-corrected chi connectivity index (χ2v) is 6.34. The summed E-state index contributed by atoms with van der Waals surface area (Å²) in [5.41, 5.74) is 3.08. The van der Waals surface area contributed by atoms with Crippen molar-refractivity contribution < 1.29 is 4.79 Å². The Morgan fingerprint density at radius 2 is 1.81 bits per heavy atom. The van der Waals surface area contributed by atoms with E-state index in [9.17, 15) is 10.1 Å². The average Bonchev–Trinajstić information content (AvgIpc) is 2.67. The van der Waals surface area contributed by atoms with Crippen molar-refractivity contribution in [3.8, 4) is 6.07 Å². The Kier molecular flexibility index (Phi) is 5.55. The van der Waals surface area contributed by atoms with Crippen molar-refractivity contribution in [2.24, 2.45) is 0 Å². The quantitative estimate of drug-likeness (QED) is 0.682. The zero-order valence-corrected chi connectivity index (χ0v) is 14.9. The predicted octanol–water partition coefficient (Wildman–Crippen LogP) is 3.16. The van der Waals surface area contributed by atoms with Gasteiger partial charge in [0.05, 0.1) is 0 Å². The summed E-state index contributed by atoms with van der Waals surface area (Å²) in [5.74, 6) is -0.372. The Hall–Kier alpha value is -3.26. The van der Waals surface area contributed by atoms with Crippen molar-refractivity contribution in [2.45, 2.75) is 6.92 Å². The van der Waals surface area contributed by atoms with Crippen LogP contribution in [0, 0.1) is 18.3 Å². The van der Waals surface area contributed by atoms with Crippen LogP contribution in [-0.2, 0) is 4.79 Å². The molecular weight excluding hydrogens is 324 g/mol. The minimum atomic E-state index is -0.372. The third-order valence-electron chi connectivity index (χ3n) is 4.39. The second kappa shape index (κ2) is 8.21. The standard InChI is InChI=1S/C21H22N4O/c1-17-6-5-7-19(14-17)23-21(26)18(15-22)16-24-10-12-25(13-11-24)20-8-3-2-4-9-20/h2-9,14,16H,10-13H2,1H3,(H,23,26)/b18-16-. The molecule has 0 aliphatic carbocycles. The van der Waals surface area contributed by atoms with Crippen molar-refractivity contribution in [1.82, 2.24) is 4.90 Å². The molecule has 0 bridgehead atoms. The first-order chi connectivity index (χ1) is 12.7. The number of benzene rings is 2. The fourth-order valence-corrected chi connectivity index (χ4v) is 2.99. The third kappa shape index (κ3) is 4.42. The van der Waals surface area contributed by atoms with Gasteiger partial charge in [0.2, 0.25) is 0 Å². The highest BCUT2D eigenvalue weighted by Crippen LogP contribution is 2.16. The number of anilines is 2. The molecule has 1 aliphatic heterocycles. The number of carbonyl (C=O) groups is 1. The largest absolute Gasteiger partial charge is 0.373 e. The van der Waals surface area contributed by atoms with Gasteiger partial charge in [0.15, 0.2) is 0 Å². The van der Waals surface area contributed by atoms with Gasteiger partial charge in [-0.25, -0.2) is 0 Å². The summed E-state index contributed by atoms with van der Waals surface area (Å²) in [5, 5.41) is 12.2. The Morgan fingerprint density at radius 3 is 2.46 bits per heavy atom. The van der Waals surface area contributed by atoms with Crippen LogP contribution >= 0.6 is 0 Å². The van der Waals surface area contributed by atoms with Gasteiger partial charge >= 0.3 is 0 Å². The third-order valence-corrected chi connectivity index (χ3v) is 4.39. The van der Waals surface area contributed by atoms with E-state index in [0.29, 0.717) is 5.69 Å². The predicted molar refractivity (Wildman–Crippen MR) is 104 cm³/mol. The molecule has 132 valence electrons. The first-order valence-corrected chi connectivity index (χ1v) is 8.70. The number of nitrogens with one attached hydrogen (secondary N) is 1. The Labute approximate surface area is 154 Å². The molecule has 1 aliphatic rings. The minimum Gasteiger partial charge on any atom is -0.373 e. The zero-order chi connectivity index (χ0) is 18.4. The number of nitrogens with zero attached hydrogens (tertiary/aromatic N) is 3. The van der Waals surface area contributed by atoms with Gasteiger partial charge in [-0.1, -0.05) is 30.3 Å². The smallest absolute Gasteiger partial charge is 0.267 e. The molecule has 2 aromatic rings. The van der Waals surface area contributed by atoms with Crippen molar-refractivity contribution in [1.29, 1.82) is 5.26 Å². The Morgan fingerprint density at radius 1 is 1.08 bits per heavy atom. The molecule has 1 saturated heterocycles. The molecule has 0 saturated carbocycles. The highest BCUT2D eigenvalue weighted by atomic mass is 16.1. The number of rotatable bonds is 4. The van der Waals surface area contributed by atoms with Crippen molar-refractivity contribution in [2.75, 3.05) is 36.4 Å². The van der Waals surface area contributed by atoms with Crippen LogP contribution in [0.4, 0.5) is 11.4 Å². The summed E-state index contributed by atoms with van der Waals surface area (Å²) in [4.78, 5) is 16.7. The summed E-state index contributed by atoms with van der Waals surface area (Å²) in [6.45, 7) is 5.23. The molecule has 1 N–H and O–H groups in total. The molecule has 5 nitrogen and oxygen atoms in total. The molecule has 0 radical (unpaired) electrons. The van der Waals surface area contributed by atoms with Crippen LogP contribution in [0.5, 0.6) is 0 Å². The van der Waals surface area contributed by atoms with E-state index in [1.807, 2.05) is 60.4 Å². The SMILES string of the molecule is Cc1cccc(NC(=O)/C(C#N)=C\N2CCN(c3ccccc3)CC2)c1. The maximum absolute atomic E-state index is 12.4. The summed E-state index contributed by atoms with van der Waals surface area (Å²) >= 11 is 0. The van der Waals surface area contributed by atoms with E-state index in [1.165, 1.54) is 5.69 Å². The van der Waals surface area contributed by atoms with Crippen LogP contribution in [-0.4, -0.2) is 37.0 Å². The van der Waals surface area contributed by atoms with Gasteiger partial charge in [0.1, 0.15) is 11.6 Å². The molecule has 0 spiro atoms. The molecule has 1 fully saturated rings. The molecule has 26 heavy (non-hydrogen) atoms. The van der Waals surface area contributed by atoms with Crippen LogP contribution in [0.15, 0.2) is 66.4 Å². The fraction of sp³-hybridized carbons (Fsp3) is 0.238. The van der Waals surface area contributed by atoms with Crippen LogP contribution in [0.25, 0.3) is 0 Å². The van der Waals surface area contributed by atoms with Crippen LogP contribution in [0.3, 0.4) is 0 Å². The van der Waals surface area contributed by atoms with Crippen molar-refractivity contribution >= 4 is 17.3 Å². The summed E-state index contributed by atoms with van der Waals surface area (Å²) < 4.78 is 0. The first kappa shape index (κ1) is 17.6. The molecule has 0 atom stereocenters. The van der Waals surface area contributed by atoms with Crippen molar-refractivity contribution in [3.63, 3.8) is 0 Å². The van der Waals surface area contributed by atoms with Gasteiger partial charge in [-0.3, -0.25) is 4.79 Å². The number of hydrogen-bond donors (Lipinski definition) is 1. The first-order valence-electron chi connectivity index (χ1n) is 8.70. The number of aryl methyl sites for hydroxylation is 1. The molecule has 0 unspecified atom stereocenters. The maximum Gasteiger partial charge on any atom is 0.267 e. The van der Waals surface area contributed by atoms with Crippen molar-refractivity contribution in [3.05, 3.63) is 71.9 Å². The number of para-hydroxylation sites is 1. The van der Waals surface area contributed by atoms with E-state index < -0.39 is 0 Å². The lowest BCUT2D eigenvalue weighted by Gasteiger charge is -2.35. The number of amides is 1. The Bertz CT molecular complexity index is 831. The molecule has 1 heterocycles. The summed E-state index contributed by atoms with van der Waals surface area (Å²) in [6.07, 6.45) is 1.67. The fourth-order valence-electron chi connectivity index (χ4n) is 2.99. The van der Waals surface area contributed by atoms with E-state index in [4.69, 9.17) is 0 Å². The topological polar surface area (TPSA) is 59.4 Å². The number of piperazine rings is 1. The lowest BCUT2D eigenvalue weighted by Crippen LogP contribution is -2.44. The molecule has 5 heteroatoms. The maximum atomic E-state index is 12.4. The zero-order valence-electron chi connectivity index (χ0n) is 14.9. The van der Waals surface area contributed by atoms with Gasteiger partial charge in [0.25, 0.3) is 5.91 Å². The average molecular weight is 346 g/mol. The van der Waals surface area contributed by atoms with Gasteiger partial charge in [-0.15, -0.1) is 0 Å². The van der Waals surface area contributed by atoms with Gasteiger partial charge in [0, 0.05) is 43.8 Å². The lowest BCUT2D eigenvalue weighted by atomic mass is 10.2. The molecule has 3 rings (SSSR count). The van der Waals surface area contributed by atoms with E-state index in [-0.39, 0.29) is 11.5 Å². The summed E-state index contributed by atoms with van der Waals surface area (Å²) in [7, 11) is 0. The normalized spacial score (nSPS) is 14.7. The minimum absolute atomic E-state index is 0.125. The Balaban J connectivity index is 1.61. The second-order valence-electron chi connectivity index (χ2n) is 6.34. The number of hydrogen-bond acceptors (Lipinski definition) is 4. The van der Waals surface area contributed by atoms with Gasteiger partial charge in [-0.2, -0.15) is 5.26 Å². The number of nitriles is 1. The van der Waals surface area contributed by atoms with E-state index in [0.717, 1.165) is 31.7 Å². The lowest BCUT2D eigenvalue weighted by molar-refractivity contribution is -0.112. The van der Waals surface area contributed by atoms with E-state index >= 15 is 0 Å². The molecular formula is C21H22N4O. The molecule has 1 amide bonds. The van der Waals surface area contributed by atoms with E-state index in [2.05, 4.69) is 22.3 Å². The number of carbonyl (C=O) groups excluding carboxylic acids is 1. The van der Waals surface area contributed by atoms with Gasteiger partial charge in [-0.05, 0) is 36.8 Å². The highest BCUT2D eigenvalue weighted by molar-refractivity contribution is 6.06. The monoisotopic (exact) mass is 346 g/mol. The van der Waals surface area contributed by atoms with Crippen LogP contribution in [0.2, 0.25) is 0 Å². The summed E-state index contributed by atoms with van der Waals surface area (Å²) in [6, 6.07) is 19.8. The highest BCUT2D eigenvalue weighted by Gasteiger charge is 2.17. The van der Waals surface area contributed by atoms with Crippen LogP contribution in [0.1, 0.15) is 5.56 Å². The molecule has 0 aromatic heterocycles.